The average Bonchev–Trinajstić information content (AvgIpc) is 2.94. The van der Waals surface area contributed by atoms with Gasteiger partial charge in [-0.3, -0.25) is 0 Å². The van der Waals surface area contributed by atoms with Crippen LogP contribution in [0.2, 0.25) is 0 Å². The first-order valence-electron chi connectivity index (χ1n) is 4.84. The van der Waals surface area contributed by atoms with Crippen molar-refractivity contribution in [3.63, 3.8) is 0 Å². The van der Waals surface area contributed by atoms with Crippen LogP contribution in [-0.4, -0.2) is 22.6 Å². The Kier molecular flexibility index (Phi) is 2.27. The first-order valence-corrected chi connectivity index (χ1v) is 4.84. The van der Waals surface area contributed by atoms with E-state index in [2.05, 4.69) is 4.98 Å². The van der Waals surface area contributed by atoms with Crippen molar-refractivity contribution < 1.29 is 9.53 Å². The van der Waals surface area contributed by atoms with Crippen LogP contribution in [0.1, 0.15) is 37.5 Å². The molecule has 76 valence electrons. The highest BCUT2D eigenvalue weighted by Crippen LogP contribution is 2.39. The highest BCUT2D eigenvalue weighted by Gasteiger charge is 2.30. The van der Waals surface area contributed by atoms with E-state index < -0.39 is 0 Å². The second-order valence-corrected chi connectivity index (χ2v) is 3.67. The molecule has 4 nitrogen and oxygen atoms in total. The van der Waals surface area contributed by atoms with Crippen molar-refractivity contribution in [1.29, 1.82) is 0 Å². The molecule has 1 saturated carbocycles. The number of aromatic nitrogens is 2. The van der Waals surface area contributed by atoms with Gasteiger partial charge in [0.1, 0.15) is 11.9 Å². The molecule has 0 spiro atoms. The number of imidazole rings is 1. The molecule has 14 heavy (non-hydrogen) atoms. The third kappa shape index (κ3) is 1.52. The maximum atomic E-state index is 11.3. The van der Waals surface area contributed by atoms with E-state index in [1.165, 1.54) is 20.0 Å². The lowest BCUT2D eigenvalue weighted by Gasteiger charge is -2.13. The van der Waals surface area contributed by atoms with Gasteiger partial charge in [-0.2, -0.15) is 0 Å². The molecule has 0 saturated heterocycles. The number of methoxy groups -OCH3 is 1. The van der Waals surface area contributed by atoms with Gasteiger partial charge in [-0.25, -0.2) is 9.78 Å². The number of carbonyl (C=O) groups is 1. The minimum atomic E-state index is -0.266. The van der Waals surface area contributed by atoms with Crippen molar-refractivity contribution in [3.8, 4) is 0 Å². The van der Waals surface area contributed by atoms with Gasteiger partial charge >= 0.3 is 5.97 Å². The van der Waals surface area contributed by atoms with Crippen LogP contribution in [-0.2, 0) is 9.53 Å². The maximum Gasteiger partial charge on any atom is 0.328 e. The van der Waals surface area contributed by atoms with Crippen LogP contribution in [0.3, 0.4) is 0 Å². The Morgan fingerprint density at radius 2 is 2.43 bits per heavy atom. The van der Waals surface area contributed by atoms with E-state index in [0.29, 0.717) is 5.92 Å². The van der Waals surface area contributed by atoms with Gasteiger partial charge in [0.15, 0.2) is 0 Å². The summed E-state index contributed by atoms with van der Waals surface area (Å²) in [4.78, 5) is 15.6. The third-order valence-corrected chi connectivity index (χ3v) is 2.60. The molecule has 1 aromatic heterocycles. The Labute approximate surface area is 82.9 Å². The number of ether oxygens (including phenoxy) is 1. The van der Waals surface area contributed by atoms with Crippen LogP contribution >= 0.6 is 0 Å². The van der Waals surface area contributed by atoms with Crippen LogP contribution in [0.5, 0.6) is 0 Å². The van der Waals surface area contributed by atoms with Crippen LogP contribution in [0, 0.1) is 0 Å². The largest absolute Gasteiger partial charge is 0.467 e. The molecular weight excluding hydrogens is 180 g/mol. The monoisotopic (exact) mass is 194 g/mol. The fourth-order valence-electron chi connectivity index (χ4n) is 1.59. The zero-order valence-corrected chi connectivity index (χ0v) is 8.43. The first-order chi connectivity index (χ1) is 6.74. The quantitative estimate of drug-likeness (QED) is 0.685. The van der Waals surface area contributed by atoms with E-state index in [1.807, 2.05) is 17.7 Å². The summed E-state index contributed by atoms with van der Waals surface area (Å²) >= 11 is 0. The highest BCUT2D eigenvalue weighted by atomic mass is 16.5. The zero-order chi connectivity index (χ0) is 10.1. The molecule has 1 aliphatic carbocycles. The molecule has 1 atom stereocenters. The Morgan fingerprint density at radius 3 is 3.00 bits per heavy atom. The van der Waals surface area contributed by atoms with Crippen LogP contribution in [0.25, 0.3) is 0 Å². The van der Waals surface area contributed by atoms with Gasteiger partial charge in [0.25, 0.3) is 0 Å². The molecule has 1 heterocycles. The minimum Gasteiger partial charge on any atom is -0.467 e. The van der Waals surface area contributed by atoms with Crippen molar-refractivity contribution in [2.24, 2.45) is 0 Å². The van der Waals surface area contributed by atoms with E-state index in [1.54, 1.807) is 6.20 Å². The predicted molar refractivity (Wildman–Crippen MR) is 50.9 cm³/mol. The number of hydrogen-bond acceptors (Lipinski definition) is 3. The summed E-state index contributed by atoms with van der Waals surface area (Å²) in [5.74, 6) is 1.35. The second-order valence-electron chi connectivity index (χ2n) is 3.67. The topological polar surface area (TPSA) is 44.1 Å². The van der Waals surface area contributed by atoms with Crippen molar-refractivity contribution in [3.05, 3.63) is 18.2 Å². The molecule has 4 heteroatoms. The number of nitrogens with zero attached hydrogens (tertiary/aromatic N) is 2. The Hall–Kier alpha value is -1.32. The van der Waals surface area contributed by atoms with Gasteiger partial charge in [-0.15, -0.1) is 0 Å². The van der Waals surface area contributed by atoms with Crippen LogP contribution in [0.15, 0.2) is 12.4 Å². The summed E-state index contributed by atoms with van der Waals surface area (Å²) < 4.78 is 6.61. The molecular formula is C10H14N2O2. The zero-order valence-electron chi connectivity index (χ0n) is 8.43. The molecule has 0 N–H and O–H groups in total. The molecule has 2 rings (SSSR count). The number of carbonyl (C=O) groups excluding carboxylic acids is 1. The Morgan fingerprint density at radius 1 is 1.71 bits per heavy atom. The summed E-state index contributed by atoms with van der Waals surface area (Å²) in [6.07, 6.45) is 5.96. The van der Waals surface area contributed by atoms with Crippen LogP contribution < -0.4 is 0 Å². The van der Waals surface area contributed by atoms with Crippen molar-refractivity contribution >= 4 is 5.97 Å². The molecule has 0 bridgehead atoms. The number of esters is 1. The second kappa shape index (κ2) is 3.44. The summed E-state index contributed by atoms with van der Waals surface area (Å²) in [5.41, 5.74) is 0. The van der Waals surface area contributed by atoms with Crippen molar-refractivity contribution in [2.75, 3.05) is 7.11 Å². The fourth-order valence-corrected chi connectivity index (χ4v) is 1.59. The normalized spacial score (nSPS) is 17.9. The van der Waals surface area contributed by atoms with E-state index in [9.17, 15) is 4.79 Å². The van der Waals surface area contributed by atoms with Gasteiger partial charge in [0, 0.05) is 18.3 Å². The Balaban J connectivity index is 2.21. The average molecular weight is 194 g/mol. The fraction of sp³-hybridized carbons (Fsp3) is 0.600. The van der Waals surface area contributed by atoms with Crippen LogP contribution in [0.4, 0.5) is 0 Å². The minimum absolute atomic E-state index is 0.218. The predicted octanol–water partition coefficient (Wildman–Crippen LogP) is 1.49. The van der Waals surface area contributed by atoms with Crippen molar-refractivity contribution in [1.82, 2.24) is 9.55 Å². The summed E-state index contributed by atoms with van der Waals surface area (Å²) in [7, 11) is 1.41. The van der Waals surface area contributed by atoms with Crippen molar-refractivity contribution in [2.45, 2.75) is 31.7 Å². The molecule has 0 amide bonds. The standard InChI is InChI=1S/C10H14N2O2/c1-7(10(13)14-2)12-6-5-11-9(12)8-3-4-8/h5-8H,3-4H2,1-2H3. The van der Waals surface area contributed by atoms with Gasteiger partial charge in [0.2, 0.25) is 0 Å². The smallest absolute Gasteiger partial charge is 0.328 e. The lowest BCUT2D eigenvalue weighted by Crippen LogP contribution is -2.18. The summed E-state index contributed by atoms with van der Waals surface area (Å²) in [5, 5.41) is 0. The molecule has 1 aromatic rings. The first kappa shape index (κ1) is 9.24. The Bertz CT molecular complexity index is 342. The lowest BCUT2D eigenvalue weighted by molar-refractivity contribution is -0.144. The third-order valence-electron chi connectivity index (χ3n) is 2.60. The number of rotatable bonds is 3. The maximum absolute atomic E-state index is 11.3. The molecule has 1 aliphatic rings. The molecule has 1 unspecified atom stereocenters. The molecule has 0 aliphatic heterocycles. The van der Waals surface area contributed by atoms with E-state index in [-0.39, 0.29) is 12.0 Å². The van der Waals surface area contributed by atoms with E-state index in [0.717, 1.165) is 5.82 Å². The van der Waals surface area contributed by atoms with Gasteiger partial charge < -0.3 is 9.30 Å². The highest BCUT2D eigenvalue weighted by molar-refractivity contribution is 5.73. The lowest BCUT2D eigenvalue weighted by atomic mass is 10.3. The number of hydrogen-bond donors (Lipinski definition) is 0. The van der Waals surface area contributed by atoms with E-state index in [4.69, 9.17) is 4.74 Å². The van der Waals surface area contributed by atoms with Gasteiger partial charge in [-0.05, 0) is 19.8 Å². The van der Waals surface area contributed by atoms with Gasteiger partial charge in [0.05, 0.1) is 7.11 Å². The van der Waals surface area contributed by atoms with E-state index >= 15 is 0 Å². The summed E-state index contributed by atoms with van der Waals surface area (Å²) in [6.45, 7) is 1.83. The molecule has 0 aromatic carbocycles. The summed E-state index contributed by atoms with van der Waals surface area (Å²) in [6, 6.07) is -0.266. The molecule has 1 fully saturated rings. The molecule has 0 radical (unpaired) electrons. The SMILES string of the molecule is COC(=O)C(C)n1ccnc1C1CC1. The van der Waals surface area contributed by atoms with Gasteiger partial charge in [-0.1, -0.05) is 0 Å².